The zero-order chi connectivity index (χ0) is 21.2. The molecule has 0 spiro atoms. The largest absolute Gasteiger partial charge is 0.437 e. The van der Waals surface area contributed by atoms with Gasteiger partial charge in [0.2, 0.25) is 5.88 Å². The molecule has 0 aliphatic carbocycles. The topological polar surface area (TPSA) is 67.5 Å². The number of nitrogens with zero attached hydrogens (tertiary/aromatic N) is 4. The molecule has 1 aliphatic rings. The molecular weight excluding hydrogens is 393 g/mol. The van der Waals surface area contributed by atoms with Gasteiger partial charge in [-0.05, 0) is 47.2 Å². The van der Waals surface area contributed by atoms with Crippen molar-refractivity contribution in [3.63, 3.8) is 0 Å². The van der Waals surface area contributed by atoms with Gasteiger partial charge < -0.3 is 20.3 Å². The molecule has 156 valence electrons. The summed E-state index contributed by atoms with van der Waals surface area (Å²) in [6.45, 7) is 3.06. The number of fused-ring (bicyclic) bond motifs is 1. The molecule has 1 aliphatic heterocycles. The third-order valence-corrected chi connectivity index (χ3v) is 5.53. The molecule has 0 unspecified atom stereocenters. The molecule has 2 heterocycles. The summed E-state index contributed by atoms with van der Waals surface area (Å²) >= 11 is 0. The highest BCUT2D eigenvalue weighted by Crippen LogP contribution is 2.33. The molecule has 0 amide bonds. The van der Waals surface area contributed by atoms with Gasteiger partial charge in [0.1, 0.15) is 23.6 Å². The summed E-state index contributed by atoms with van der Waals surface area (Å²) in [6, 6.07) is 20.6. The summed E-state index contributed by atoms with van der Waals surface area (Å²) in [7, 11) is 0. The van der Waals surface area contributed by atoms with Crippen LogP contribution < -0.4 is 20.3 Å². The number of rotatable bonds is 4. The summed E-state index contributed by atoms with van der Waals surface area (Å²) < 4.78 is 19.2. The lowest BCUT2D eigenvalue weighted by atomic mass is 10.1. The van der Waals surface area contributed by atoms with Crippen LogP contribution >= 0.6 is 0 Å². The van der Waals surface area contributed by atoms with Crippen LogP contribution in [-0.2, 0) is 0 Å². The standard InChI is InChI=1S/C24H22FN5O/c25-19-6-8-20(9-7-19)29-11-13-30(14-12-29)23-22(26)24(28-16-27-23)31-21-10-5-17-3-1-2-4-18(17)15-21/h1-10,15-16H,11-14,26H2. The van der Waals surface area contributed by atoms with Crippen LogP contribution in [0, 0.1) is 5.82 Å². The van der Waals surface area contributed by atoms with E-state index in [2.05, 4.69) is 25.8 Å². The number of halogens is 1. The van der Waals surface area contributed by atoms with Crippen molar-refractivity contribution in [2.75, 3.05) is 41.7 Å². The SMILES string of the molecule is Nc1c(Oc2ccc3ccccc3c2)ncnc1N1CCN(c2ccc(F)cc2)CC1. The van der Waals surface area contributed by atoms with Crippen LogP contribution in [0.2, 0.25) is 0 Å². The molecule has 2 N–H and O–H groups in total. The Bertz CT molecular complexity index is 1210. The fourth-order valence-electron chi connectivity index (χ4n) is 3.87. The van der Waals surface area contributed by atoms with Gasteiger partial charge in [0.25, 0.3) is 0 Å². The van der Waals surface area contributed by atoms with Crippen LogP contribution in [0.4, 0.5) is 21.6 Å². The van der Waals surface area contributed by atoms with Crippen molar-refractivity contribution < 1.29 is 9.13 Å². The molecule has 1 aromatic heterocycles. The van der Waals surface area contributed by atoms with E-state index < -0.39 is 0 Å². The second kappa shape index (κ2) is 8.10. The number of aromatic nitrogens is 2. The number of benzene rings is 3. The first kappa shape index (κ1) is 19.1. The fraction of sp³-hybridized carbons (Fsp3) is 0.167. The van der Waals surface area contributed by atoms with E-state index in [-0.39, 0.29) is 5.82 Å². The predicted molar refractivity (Wildman–Crippen MR) is 121 cm³/mol. The summed E-state index contributed by atoms with van der Waals surface area (Å²) in [5.74, 6) is 1.47. The Labute approximate surface area is 179 Å². The van der Waals surface area contributed by atoms with Gasteiger partial charge in [0.15, 0.2) is 5.82 Å². The van der Waals surface area contributed by atoms with Gasteiger partial charge in [-0.3, -0.25) is 0 Å². The number of anilines is 3. The third-order valence-electron chi connectivity index (χ3n) is 5.53. The molecule has 0 saturated carbocycles. The second-order valence-electron chi connectivity index (χ2n) is 7.48. The summed E-state index contributed by atoms with van der Waals surface area (Å²) in [4.78, 5) is 13.0. The molecule has 1 saturated heterocycles. The van der Waals surface area contributed by atoms with E-state index in [4.69, 9.17) is 10.5 Å². The average Bonchev–Trinajstić information content (AvgIpc) is 2.81. The minimum absolute atomic E-state index is 0.227. The number of piperazine rings is 1. The zero-order valence-corrected chi connectivity index (χ0v) is 16.9. The Balaban J connectivity index is 1.32. The molecule has 7 heteroatoms. The van der Waals surface area contributed by atoms with Gasteiger partial charge in [-0.25, -0.2) is 9.37 Å². The van der Waals surface area contributed by atoms with Crippen LogP contribution in [0.1, 0.15) is 0 Å². The molecule has 31 heavy (non-hydrogen) atoms. The molecule has 0 radical (unpaired) electrons. The van der Waals surface area contributed by atoms with Crippen molar-refractivity contribution in [2.24, 2.45) is 0 Å². The Morgan fingerprint density at radius 2 is 1.52 bits per heavy atom. The van der Waals surface area contributed by atoms with Crippen LogP contribution in [-0.4, -0.2) is 36.1 Å². The van der Waals surface area contributed by atoms with Crippen LogP contribution in [0.15, 0.2) is 73.1 Å². The number of nitrogen functional groups attached to an aromatic ring is 1. The molecule has 0 bridgehead atoms. The molecule has 4 aromatic rings. The molecule has 6 nitrogen and oxygen atoms in total. The predicted octanol–water partition coefficient (Wildman–Crippen LogP) is 4.47. The fourth-order valence-corrected chi connectivity index (χ4v) is 3.87. The number of hydrogen-bond donors (Lipinski definition) is 1. The van der Waals surface area contributed by atoms with Gasteiger partial charge in [-0.2, -0.15) is 4.98 Å². The number of ether oxygens (including phenoxy) is 1. The third kappa shape index (κ3) is 3.94. The lowest BCUT2D eigenvalue weighted by molar-refractivity contribution is 0.464. The van der Waals surface area contributed by atoms with Gasteiger partial charge in [-0.1, -0.05) is 30.3 Å². The van der Waals surface area contributed by atoms with E-state index in [0.717, 1.165) is 42.6 Å². The smallest absolute Gasteiger partial charge is 0.248 e. The van der Waals surface area contributed by atoms with E-state index in [1.165, 1.54) is 18.5 Å². The minimum atomic E-state index is -0.227. The minimum Gasteiger partial charge on any atom is -0.437 e. The van der Waals surface area contributed by atoms with Crippen molar-refractivity contribution in [3.05, 3.63) is 78.9 Å². The van der Waals surface area contributed by atoms with E-state index in [1.807, 2.05) is 36.4 Å². The molecule has 3 aromatic carbocycles. The van der Waals surface area contributed by atoms with Crippen LogP contribution in [0.25, 0.3) is 10.8 Å². The van der Waals surface area contributed by atoms with Crippen molar-refractivity contribution >= 4 is 28.0 Å². The first-order chi connectivity index (χ1) is 15.2. The first-order valence-electron chi connectivity index (χ1n) is 10.2. The summed E-state index contributed by atoms with van der Waals surface area (Å²) in [6.07, 6.45) is 1.48. The van der Waals surface area contributed by atoms with Gasteiger partial charge >= 0.3 is 0 Å². The monoisotopic (exact) mass is 415 g/mol. The quantitative estimate of drug-likeness (QED) is 0.530. The maximum Gasteiger partial charge on any atom is 0.248 e. The molecular formula is C24H22FN5O. The maximum atomic E-state index is 13.2. The van der Waals surface area contributed by atoms with Crippen LogP contribution in [0.3, 0.4) is 0 Å². The van der Waals surface area contributed by atoms with Crippen molar-refractivity contribution in [1.29, 1.82) is 0 Å². The lowest BCUT2D eigenvalue weighted by Crippen LogP contribution is -2.47. The Morgan fingerprint density at radius 1 is 0.806 bits per heavy atom. The number of hydrogen-bond acceptors (Lipinski definition) is 6. The van der Waals surface area contributed by atoms with E-state index >= 15 is 0 Å². The summed E-state index contributed by atoms with van der Waals surface area (Å²) in [5.41, 5.74) is 7.82. The van der Waals surface area contributed by atoms with Gasteiger partial charge in [0, 0.05) is 31.9 Å². The average molecular weight is 415 g/mol. The Hall–Kier alpha value is -3.87. The first-order valence-corrected chi connectivity index (χ1v) is 10.2. The molecule has 0 atom stereocenters. The van der Waals surface area contributed by atoms with E-state index in [1.54, 1.807) is 12.1 Å². The highest BCUT2D eigenvalue weighted by molar-refractivity contribution is 5.84. The normalized spacial score (nSPS) is 14.1. The van der Waals surface area contributed by atoms with E-state index in [9.17, 15) is 4.39 Å². The van der Waals surface area contributed by atoms with Crippen molar-refractivity contribution in [1.82, 2.24) is 9.97 Å². The highest BCUT2D eigenvalue weighted by Gasteiger charge is 2.22. The zero-order valence-electron chi connectivity index (χ0n) is 16.9. The van der Waals surface area contributed by atoms with E-state index in [0.29, 0.717) is 23.1 Å². The van der Waals surface area contributed by atoms with Gasteiger partial charge in [-0.15, -0.1) is 0 Å². The Kier molecular flexibility index (Phi) is 5.00. The highest BCUT2D eigenvalue weighted by atomic mass is 19.1. The summed E-state index contributed by atoms with van der Waals surface area (Å²) in [5, 5.41) is 2.23. The second-order valence-corrected chi connectivity index (χ2v) is 7.48. The van der Waals surface area contributed by atoms with Crippen molar-refractivity contribution in [3.8, 4) is 11.6 Å². The van der Waals surface area contributed by atoms with Crippen molar-refractivity contribution in [2.45, 2.75) is 0 Å². The number of nitrogens with two attached hydrogens (primary N) is 1. The maximum absolute atomic E-state index is 13.2. The molecule has 5 rings (SSSR count). The Morgan fingerprint density at radius 3 is 2.29 bits per heavy atom. The van der Waals surface area contributed by atoms with Crippen LogP contribution in [0.5, 0.6) is 11.6 Å². The lowest BCUT2D eigenvalue weighted by Gasteiger charge is -2.37. The molecule has 1 fully saturated rings. The van der Waals surface area contributed by atoms with Gasteiger partial charge in [0.05, 0.1) is 0 Å².